The molecule has 0 fully saturated rings. The monoisotopic (exact) mass is 526 g/mol. The molecule has 0 aliphatic rings. The Labute approximate surface area is 216 Å². The molecule has 198 valence electrons. The van der Waals surface area contributed by atoms with Crippen LogP contribution in [0.25, 0.3) is 10.8 Å². The van der Waals surface area contributed by atoms with Crippen molar-refractivity contribution in [2.24, 2.45) is 0 Å². The maximum atomic E-state index is 13.3. The number of halogens is 3. The number of hydrogen-bond donors (Lipinski definition) is 1. The number of aromatic nitrogens is 1. The number of carbonyl (C=O) groups is 1. The Hall–Kier alpha value is -4.47. The average molecular weight is 527 g/mol. The molecule has 0 radical (unpaired) electrons. The molecule has 4 rings (SSSR count). The molecular weight excluding hydrogens is 501 g/mol. The highest BCUT2D eigenvalue weighted by Crippen LogP contribution is 2.28. The van der Waals surface area contributed by atoms with Gasteiger partial charge in [0, 0.05) is 34.3 Å². The molecule has 1 amide bonds. The van der Waals surface area contributed by atoms with Crippen molar-refractivity contribution < 1.29 is 32.2 Å². The summed E-state index contributed by atoms with van der Waals surface area (Å²) in [5, 5.41) is 3.81. The molecule has 38 heavy (non-hydrogen) atoms. The van der Waals surface area contributed by atoms with E-state index in [0.717, 1.165) is 0 Å². The minimum absolute atomic E-state index is 0.0473. The van der Waals surface area contributed by atoms with Crippen LogP contribution < -0.4 is 25.1 Å². The molecule has 0 spiro atoms. The molecular formula is C28H25F3N2O5. The second kappa shape index (κ2) is 10.9. The van der Waals surface area contributed by atoms with Crippen LogP contribution in [0.4, 0.5) is 18.9 Å². The van der Waals surface area contributed by atoms with Crippen LogP contribution in [0.2, 0.25) is 0 Å². The van der Waals surface area contributed by atoms with E-state index in [-0.39, 0.29) is 23.6 Å². The number of benzene rings is 3. The number of pyridine rings is 1. The number of fused-ring (bicyclic) bond motifs is 1. The van der Waals surface area contributed by atoms with Gasteiger partial charge in [-0.15, -0.1) is 13.2 Å². The fourth-order valence-electron chi connectivity index (χ4n) is 4.18. The average Bonchev–Trinajstić information content (AvgIpc) is 2.88. The van der Waals surface area contributed by atoms with E-state index in [4.69, 9.17) is 9.47 Å². The van der Waals surface area contributed by atoms with Gasteiger partial charge in [-0.1, -0.05) is 24.3 Å². The summed E-state index contributed by atoms with van der Waals surface area (Å²) < 4.78 is 53.3. The first-order valence-corrected chi connectivity index (χ1v) is 11.6. The van der Waals surface area contributed by atoms with Crippen LogP contribution in [0, 0.1) is 0 Å². The fraction of sp³-hybridized carbons (Fsp3) is 0.214. The van der Waals surface area contributed by atoms with Crippen LogP contribution >= 0.6 is 0 Å². The maximum Gasteiger partial charge on any atom is 0.573 e. The van der Waals surface area contributed by atoms with Crippen molar-refractivity contribution in [3.63, 3.8) is 0 Å². The van der Waals surface area contributed by atoms with E-state index in [1.807, 2.05) is 0 Å². The van der Waals surface area contributed by atoms with Crippen molar-refractivity contribution in [1.29, 1.82) is 0 Å². The van der Waals surface area contributed by atoms with Crippen molar-refractivity contribution in [2.75, 3.05) is 19.5 Å². The Morgan fingerprint density at radius 1 is 0.947 bits per heavy atom. The lowest BCUT2D eigenvalue weighted by atomic mass is 10.1. The van der Waals surface area contributed by atoms with Crippen LogP contribution in [-0.4, -0.2) is 31.1 Å². The summed E-state index contributed by atoms with van der Waals surface area (Å²) in [7, 11) is 3.05. The normalized spacial score (nSPS) is 12.2. The first-order chi connectivity index (χ1) is 18.1. The molecule has 1 unspecified atom stereocenters. The smallest absolute Gasteiger partial charge is 0.497 e. The van der Waals surface area contributed by atoms with Crippen molar-refractivity contribution in [3.8, 4) is 17.2 Å². The van der Waals surface area contributed by atoms with Crippen LogP contribution in [0.3, 0.4) is 0 Å². The molecule has 0 saturated carbocycles. The van der Waals surface area contributed by atoms with Gasteiger partial charge in [-0.05, 0) is 48.9 Å². The fourth-order valence-corrected chi connectivity index (χ4v) is 4.18. The van der Waals surface area contributed by atoms with Gasteiger partial charge in [0.15, 0.2) is 0 Å². The SMILES string of the molecule is COc1ccc(CC(=O)Nc2cccc3c(=O)n(C(C)c4ccc(OC(F)(F)F)cc4)ccc23)c(OC)c1. The molecule has 10 heteroatoms. The molecule has 1 aromatic heterocycles. The summed E-state index contributed by atoms with van der Waals surface area (Å²) in [6.45, 7) is 1.76. The van der Waals surface area contributed by atoms with Gasteiger partial charge in [0.1, 0.15) is 17.2 Å². The highest BCUT2D eigenvalue weighted by molar-refractivity contribution is 6.02. The van der Waals surface area contributed by atoms with Gasteiger partial charge in [0.05, 0.1) is 26.7 Å². The second-order valence-electron chi connectivity index (χ2n) is 8.49. The van der Waals surface area contributed by atoms with Crippen molar-refractivity contribution in [3.05, 3.63) is 94.4 Å². The summed E-state index contributed by atoms with van der Waals surface area (Å²) in [5.74, 6) is 0.495. The quantitative estimate of drug-likeness (QED) is 0.318. The lowest BCUT2D eigenvalue weighted by Crippen LogP contribution is -2.24. The van der Waals surface area contributed by atoms with Gasteiger partial charge in [-0.2, -0.15) is 0 Å². The molecule has 0 aliphatic heterocycles. The van der Waals surface area contributed by atoms with E-state index in [1.54, 1.807) is 62.7 Å². The lowest BCUT2D eigenvalue weighted by Gasteiger charge is -2.18. The zero-order valence-corrected chi connectivity index (χ0v) is 20.8. The third kappa shape index (κ3) is 5.91. The minimum atomic E-state index is -4.78. The Kier molecular flexibility index (Phi) is 7.61. The summed E-state index contributed by atoms with van der Waals surface area (Å²) in [5.41, 5.74) is 1.47. The summed E-state index contributed by atoms with van der Waals surface area (Å²) in [6, 6.07) is 16.8. The van der Waals surface area contributed by atoms with Gasteiger partial charge in [-0.3, -0.25) is 9.59 Å². The number of rotatable bonds is 8. The zero-order chi connectivity index (χ0) is 27.4. The maximum absolute atomic E-state index is 13.3. The Morgan fingerprint density at radius 3 is 2.32 bits per heavy atom. The molecule has 0 saturated heterocycles. The van der Waals surface area contributed by atoms with Gasteiger partial charge in [0.25, 0.3) is 5.56 Å². The number of amides is 1. The van der Waals surface area contributed by atoms with E-state index >= 15 is 0 Å². The largest absolute Gasteiger partial charge is 0.573 e. The standard InChI is InChI=1S/C28H25F3N2O5/c1-17(18-7-10-20(11-8-18)38-28(29,30)31)33-14-13-22-23(27(33)35)5-4-6-24(22)32-26(34)15-19-9-12-21(36-2)16-25(19)37-3/h4-14,16-17H,15H2,1-3H3,(H,32,34). The number of nitrogens with zero attached hydrogens (tertiary/aromatic N) is 1. The molecule has 0 bridgehead atoms. The number of nitrogens with one attached hydrogen (secondary N) is 1. The van der Waals surface area contributed by atoms with Crippen LogP contribution in [0.1, 0.15) is 24.1 Å². The Balaban J connectivity index is 1.56. The Bertz CT molecular complexity index is 1510. The minimum Gasteiger partial charge on any atom is -0.497 e. The number of ether oxygens (including phenoxy) is 3. The molecule has 0 aliphatic carbocycles. The van der Waals surface area contributed by atoms with Crippen molar-refractivity contribution >= 4 is 22.4 Å². The highest BCUT2D eigenvalue weighted by atomic mass is 19.4. The molecule has 3 aromatic carbocycles. The molecule has 1 N–H and O–H groups in total. The number of carbonyl (C=O) groups excluding carboxylic acids is 1. The number of methoxy groups -OCH3 is 2. The molecule has 1 heterocycles. The predicted octanol–water partition coefficient (Wildman–Crippen LogP) is 5.71. The Morgan fingerprint density at radius 2 is 1.66 bits per heavy atom. The first-order valence-electron chi connectivity index (χ1n) is 11.6. The van der Waals surface area contributed by atoms with E-state index < -0.39 is 12.4 Å². The van der Waals surface area contributed by atoms with Crippen LogP contribution in [0.15, 0.2) is 77.7 Å². The van der Waals surface area contributed by atoms with Gasteiger partial charge in [-0.25, -0.2) is 0 Å². The zero-order valence-electron chi connectivity index (χ0n) is 20.8. The third-order valence-electron chi connectivity index (χ3n) is 6.11. The van der Waals surface area contributed by atoms with Crippen molar-refractivity contribution in [1.82, 2.24) is 4.57 Å². The van der Waals surface area contributed by atoms with Crippen LogP contribution in [-0.2, 0) is 11.2 Å². The number of anilines is 1. The van der Waals surface area contributed by atoms with Gasteiger partial charge in [0.2, 0.25) is 5.91 Å². The summed E-state index contributed by atoms with van der Waals surface area (Å²) in [4.78, 5) is 26.2. The molecule has 1 atom stereocenters. The van der Waals surface area contributed by atoms with Gasteiger partial charge >= 0.3 is 6.36 Å². The summed E-state index contributed by atoms with van der Waals surface area (Å²) >= 11 is 0. The van der Waals surface area contributed by atoms with Gasteiger partial charge < -0.3 is 24.1 Å². The van der Waals surface area contributed by atoms with E-state index in [2.05, 4.69) is 10.1 Å². The summed E-state index contributed by atoms with van der Waals surface area (Å²) in [6.07, 6.45) is -3.14. The molecule has 4 aromatic rings. The molecule has 7 nitrogen and oxygen atoms in total. The predicted molar refractivity (Wildman–Crippen MR) is 137 cm³/mol. The van der Waals surface area contributed by atoms with E-state index in [1.165, 1.54) is 35.9 Å². The topological polar surface area (TPSA) is 78.8 Å². The lowest BCUT2D eigenvalue weighted by molar-refractivity contribution is -0.274. The van der Waals surface area contributed by atoms with E-state index in [9.17, 15) is 22.8 Å². The second-order valence-corrected chi connectivity index (χ2v) is 8.49. The number of hydrogen-bond acceptors (Lipinski definition) is 5. The third-order valence-corrected chi connectivity index (χ3v) is 6.11. The highest BCUT2D eigenvalue weighted by Gasteiger charge is 2.31. The van der Waals surface area contributed by atoms with Crippen molar-refractivity contribution in [2.45, 2.75) is 25.7 Å². The van der Waals surface area contributed by atoms with E-state index in [0.29, 0.717) is 39.1 Å². The number of alkyl halides is 3. The van der Waals surface area contributed by atoms with Crippen LogP contribution in [0.5, 0.6) is 17.2 Å². The first kappa shape index (κ1) is 26.6.